The topological polar surface area (TPSA) is 56.7 Å². The van der Waals surface area contributed by atoms with Crippen LogP contribution in [0.2, 0.25) is 10.0 Å². The Morgan fingerprint density at radius 2 is 1.95 bits per heavy atom. The molecule has 2 rings (SSSR count). The highest BCUT2D eigenvalue weighted by molar-refractivity contribution is 6.35. The molecular formula is C14H18Cl2N4. The fourth-order valence-electron chi connectivity index (χ4n) is 2.14. The maximum atomic E-state index is 6.20. The minimum Gasteiger partial charge on any atom is -0.327 e. The highest BCUT2D eigenvalue weighted by Gasteiger charge is 2.14. The summed E-state index contributed by atoms with van der Waals surface area (Å²) in [5.74, 6) is 0.905. The molecule has 1 heterocycles. The number of aryl methyl sites for hydroxylation is 1. The van der Waals surface area contributed by atoms with Gasteiger partial charge in [-0.1, -0.05) is 36.2 Å². The number of hydrogen-bond donors (Lipinski definition) is 1. The first-order chi connectivity index (χ1) is 9.61. The number of halogens is 2. The van der Waals surface area contributed by atoms with Gasteiger partial charge < -0.3 is 5.73 Å². The first-order valence-electron chi connectivity index (χ1n) is 6.67. The lowest BCUT2D eigenvalue weighted by atomic mass is 10.0. The van der Waals surface area contributed by atoms with Crippen molar-refractivity contribution in [2.75, 3.05) is 0 Å². The zero-order chi connectivity index (χ0) is 14.5. The van der Waals surface area contributed by atoms with E-state index in [4.69, 9.17) is 28.9 Å². The molecule has 0 aliphatic carbocycles. The quantitative estimate of drug-likeness (QED) is 0.891. The number of nitrogens with two attached hydrogens (primary N) is 1. The molecule has 0 amide bonds. The summed E-state index contributed by atoms with van der Waals surface area (Å²) < 4.78 is 1.90. The van der Waals surface area contributed by atoms with E-state index in [0.29, 0.717) is 22.9 Å². The van der Waals surface area contributed by atoms with E-state index < -0.39 is 0 Å². The van der Waals surface area contributed by atoms with E-state index in [-0.39, 0.29) is 6.04 Å². The van der Waals surface area contributed by atoms with Gasteiger partial charge in [-0.15, -0.1) is 0 Å². The minimum absolute atomic E-state index is 0.0905. The van der Waals surface area contributed by atoms with Crippen LogP contribution in [0.3, 0.4) is 0 Å². The lowest BCUT2D eigenvalue weighted by Crippen LogP contribution is -2.27. The summed E-state index contributed by atoms with van der Waals surface area (Å²) >= 11 is 12.3. The number of rotatable bonds is 6. The van der Waals surface area contributed by atoms with Crippen molar-refractivity contribution in [1.82, 2.24) is 14.8 Å². The molecule has 108 valence electrons. The zero-order valence-electron chi connectivity index (χ0n) is 11.4. The lowest BCUT2D eigenvalue weighted by Gasteiger charge is -2.14. The Balaban J connectivity index is 2.05. The SMILES string of the molecule is CCCn1ncnc1CC(N)Cc1c(Cl)cccc1Cl. The molecule has 1 aromatic carbocycles. The summed E-state index contributed by atoms with van der Waals surface area (Å²) in [6.45, 7) is 2.96. The smallest absolute Gasteiger partial charge is 0.138 e. The summed E-state index contributed by atoms with van der Waals surface area (Å²) in [4.78, 5) is 4.27. The van der Waals surface area contributed by atoms with Gasteiger partial charge in [-0.25, -0.2) is 4.98 Å². The summed E-state index contributed by atoms with van der Waals surface area (Å²) in [6.07, 6.45) is 3.86. The van der Waals surface area contributed by atoms with Crippen molar-refractivity contribution in [3.8, 4) is 0 Å². The van der Waals surface area contributed by atoms with Gasteiger partial charge in [0.05, 0.1) is 0 Å². The summed E-state index contributed by atoms with van der Waals surface area (Å²) in [5, 5.41) is 5.51. The minimum atomic E-state index is -0.0905. The van der Waals surface area contributed by atoms with E-state index in [2.05, 4.69) is 17.0 Å². The number of aromatic nitrogens is 3. The summed E-state index contributed by atoms with van der Waals surface area (Å²) in [7, 11) is 0. The third-order valence-corrected chi connectivity index (χ3v) is 3.81. The van der Waals surface area contributed by atoms with Crippen molar-refractivity contribution in [2.45, 2.75) is 38.8 Å². The predicted molar refractivity (Wildman–Crippen MR) is 82.2 cm³/mol. The zero-order valence-corrected chi connectivity index (χ0v) is 12.9. The van der Waals surface area contributed by atoms with Crippen LogP contribution in [-0.2, 0) is 19.4 Å². The van der Waals surface area contributed by atoms with Crippen molar-refractivity contribution in [3.63, 3.8) is 0 Å². The molecule has 2 aromatic rings. The molecule has 2 N–H and O–H groups in total. The summed E-state index contributed by atoms with van der Waals surface area (Å²) in [5.41, 5.74) is 7.09. The van der Waals surface area contributed by atoms with Gasteiger partial charge in [0.25, 0.3) is 0 Å². The number of hydrogen-bond acceptors (Lipinski definition) is 3. The van der Waals surface area contributed by atoms with Crippen LogP contribution in [0.4, 0.5) is 0 Å². The molecule has 0 radical (unpaired) electrons. The number of benzene rings is 1. The van der Waals surface area contributed by atoms with Gasteiger partial charge in [-0.3, -0.25) is 4.68 Å². The molecule has 6 heteroatoms. The molecule has 0 aliphatic heterocycles. The Hall–Kier alpha value is -1.10. The molecule has 1 unspecified atom stereocenters. The van der Waals surface area contributed by atoms with Gasteiger partial charge in [-0.2, -0.15) is 5.10 Å². The van der Waals surface area contributed by atoms with Gasteiger partial charge in [-0.05, 0) is 30.5 Å². The molecule has 0 fully saturated rings. The molecule has 1 aromatic heterocycles. The largest absolute Gasteiger partial charge is 0.327 e. The van der Waals surface area contributed by atoms with Crippen LogP contribution in [0.5, 0.6) is 0 Å². The fraction of sp³-hybridized carbons (Fsp3) is 0.429. The van der Waals surface area contributed by atoms with Gasteiger partial charge >= 0.3 is 0 Å². The van der Waals surface area contributed by atoms with E-state index >= 15 is 0 Å². The Bertz CT molecular complexity index is 548. The lowest BCUT2D eigenvalue weighted by molar-refractivity contribution is 0.540. The third-order valence-electron chi connectivity index (χ3n) is 3.10. The van der Waals surface area contributed by atoms with E-state index in [1.807, 2.05) is 22.9 Å². The highest BCUT2D eigenvalue weighted by Crippen LogP contribution is 2.25. The van der Waals surface area contributed by atoms with Gasteiger partial charge in [0.1, 0.15) is 12.2 Å². The average molecular weight is 313 g/mol. The van der Waals surface area contributed by atoms with E-state index in [1.165, 1.54) is 0 Å². The molecule has 0 spiro atoms. The van der Waals surface area contributed by atoms with Crippen LogP contribution in [0.15, 0.2) is 24.5 Å². The second-order valence-corrected chi connectivity index (χ2v) is 5.58. The maximum Gasteiger partial charge on any atom is 0.138 e. The Labute approximate surface area is 128 Å². The molecular weight excluding hydrogens is 295 g/mol. The molecule has 0 aliphatic rings. The second-order valence-electron chi connectivity index (χ2n) is 4.77. The standard InChI is InChI=1S/C14H18Cl2N4/c1-2-6-20-14(18-9-19-20)8-10(17)7-11-12(15)4-3-5-13(11)16/h3-5,9-10H,2,6-8,17H2,1H3. The Kier molecular flexibility index (Phi) is 5.40. The van der Waals surface area contributed by atoms with E-state index in [0.717, 1.165) is 24.4 Å². The van der Waals surface area contributed by atoms with E-state index in [9.17, 15) is 0 Å². The van der Waals surface area contributed by atoms with Crippen molar-refractivity contribution in [2.24, 2.45) is 5.73 Å². The van der Waals surface area contributed by atoms with Crippen LogP contribution >= 0.6 is 23.2 Å². The molecule has 20 heavy (non-hydrogen) atoms. The van der Waals surface area contributed by atoms with Gasteiger partial charge in [0.15, 0.2) is 0 Å². The van der Waals surface area contributed by atoms with Gasteiger partial charge in [0, 0.05) is 29.1 Å². The number of nitrogens with zero attached hydrogens (tertiary/aromatic N) is 3. The maximum absolute atomic E-state index is 6.20. The first-order valence-corrected chi connectivity index (χ1v) is 7.42. The van der Waals surface area contributed by atoms with Crippen LogP contribution < -0.4 is 5.73 Å². The fourth-order valence-corrected chi connectivity index (χ4v) is 2.69. The molecule has 0 bridgehead atoms. The molecule has 4 nitrogen and oxygen atoms in total. The van der Waals surface area contributed by atoms with Crippen LogP contribution in [0, 0.1) is 0 Å². The first kappa shape index (κ1) is 15.3. The Morgan fingerprint density at radius 3 is 2.60 bits per heavy atom. The molecule has 0 saturated carbocycles. The van der Waals surface area contributed by atoms with Crippen molar-refractivity contribution in [3.05, 3.63) is 46.0 Å². The second kappa shape index (κ2) is 7.07. The van der Waals surface area contributed by atoms with Crippen molar-refractivity contribution < 1.29 is 0 Å². The predicted octanol–water partition coefficient (Wildman–Crippen LogP) is 3.11. The normalized spacial score (nSPS) is 12.6. The monoisotopic (exact) mass is 312 g/mol. The molecule has 1 atom stereocenters. The van der Waals surface area contributed by atoms with Gasteiger partial charge in [0.2, 0.25) is 0 Å². The molecule has 0 saturated heterocycles. The Morgan fingerprint density at radius 1 is 1.25 bits per heavy atom. The van der Waals surface area contributed by atoms with Crippen molar-refractivity contribution in [1.29, 1.82) is 0 Å². The van der Waals surface area contributed by atoms with Crippen LogP contribution in [0.25, 0.3) is 0 Å². The highest BCUT2D eigenvalue weighted by atomic mass is 35.5. The third kappa shape index (κ3) is 3.72. The summed E-state index contributed by atoms with van der Waals surface area (Å²) in [6, 6.07) is 5.40. The van der Waals surface area contributed by atoms with Crippen LogP contribution in [0.1, 0.15) is 24.7 Å². The van der Waals surface area contributed by atoms with Crippen LogP contribution in [-0.4, -0.2) is 20.8 Å². The van der Waals surface area contributed by atoms with Crippen molar-refractivity contribution >= 4 is 23.2 Å². The average Bonchev–Trinajstić information content (AvgIpc) is 2.82. The van der Waals surface area contributed by atoms with E-state index in [1.54, 1.807) is 6.33 Å².